The molecule has 0 saturated carbocycles. The van der Waals surface area contributed by atoms with Gasteiger partial charge in [0.15, 0.2) is 0 Å². The molecule has 0 atom stereocenters. The van der Waals surface area contributed by atoms with Gasteiger partial charge in [-0.05, 0) is 36.2 Å². The molecule has 3 aromatic rings. The van der Waals surface area contributed by atoms with Crippen molar-refractivity contribution in [3.8, 4) is 0 Å². The predicted molar refractivity (Wildman–Crippen MR) is 102 cm³/mol. The van der Waals surface area contributed by atoms with Gasteiger partial charge in [-0.15, -0.1) is 11.3 Å². The summed E-state index contributed by atoms with van der Waals surface area (Å²) >= 11 is 1.74. The second kappa shape index (κ2) is 8.06. The van der Waals surface area contributed by atoms with Crippen molar-refractivity contribution in [2.75, 3.05) is 5.32 Å². The molecule has 1 heterocycles. The van der Waals surface area contributed by atoms with Crippen LogP contribution >= 0.6 is 11.3 Å². The van der Waals surface area contributed by atoms with E-state index in [9.17, 15) is 4.79 Å². The second-order valence-electron chi connectivity index (χ2n) is 5.95. The molecule has 0 saturated heterocycles. The average Bonchev–Trinajstić information content (AvgIpc) is 2.99. The summed E-state index contributed by atoms with van der Waals surface area (Å²) in [6, 6.07) is 16.3. The molecule has 0 aliphatic heterocycles. The quantitative estimate of drug-likeness (QED) is 0.586. The minimum absolute atomic E-state index is 0.0994. The third-order valence-electron chi connectivity index (χ3n) is 3.94. The number of carbonyl (C=O) groups is 1. The number of anilines is 1. The summed E-state index contributed by atoms with van der Waals surface area (Å²) in [6.45, 7) is 2.14. The maximum absolute atomic E-state index is 11.8. The number of carbonyl (C=O) groups excluding carboxylic acids is 1. The van der Waals surface area contributed by atoms with E-state index in [-0.39, 0.29) is 5.91 Å². The maximum atomic E-state index is 11.8. The van der Waals surface area contributed by atoms with E-state index in [4.69, 9.17) is 0 Å². The lowest BCUT2D eigenvalue weighted by Gasteiger charge is -2.06. The monoisotopic (exact) mass is 338 g/mol. The minimum Gasteiger partial charge on any atom is -0.326 e. The van der Waals surface area contributed by atoms with E-state index in [1.165, 1.54) is 10.3 Å². The molecule has 2 aromatic carbocycles. The van der Waals surface area contributed by atoms with Crippen LogP contribution in [0.1, 0.15) is 43.2 Å². The van der Waals surface area contributed by atoms with Gasteiger partial charge in [-0.2, -0.15) is 0 Å². The smallest absolute Gasteiger partial charge is 0.224 e. The molecule has 0 aliphatic carbocycles. The number of hydrogen-bond donors (Lipinski definition) is 1. The van der Waals surface area contributed by atoms with Gasteiger partial charge in [-0.1, -0.05) is 44.0 Å². The molecule has 0 aliphatic rings. The molecule has 1 aromatic heterocycles. The Balaban J connectivity index is 1.59. The van der Waals surface area contributed by atoms with E-state index in [1.807, 2.05) is 30.3 Å². The van der Waals surface area contributed by atoms with Gasteiger partial charge in [0.2, 0.25) is 5.91 Å². The fraction of sp³-hybridized carbons (Fsp3) is 0.300. The zero-order chi connectivity index (χ0) is 16.8. The first-order valence-corrected chi connectivity index (χ1v) is 9.29. The van der Waals surface area contributed by atoms with Gasteiger partial charge in [0, 0.05) is 18.5 Å². The Kier molecular flexibility index (Phi) is 5.59. The molecule has 0 radical (unpaired) electrons. The van der Waals surface area contributed by atoms with Crippen molar-refractivity contribution in [1.29, 1.82) is 0 Å². The summed E-state index contributed by atoms with van der Waals surface area (Å²) in [6.07, 6.45) is 4.62. The fourth-order valence-electron chi connectivity index (χ4n) is 2.64. The van der Waals surface area contributed by atoms with Crippen molar-refractivity contribution < 1.29 is 4.79 Å². The first-order chi connectivity index (χ1) is 11.7. The van der Waals surface area contributed by atoms with Gasteiger partial charge in [0.05, 0.1) is 15.2 Å². The normalized spacial score (nSPS) is 10.9. The van der Waals surface area contributed by atoms with E-state index < -0.39 is 0 Å². The molecule has 0 bridgehead atoms. The van der Waals surface area contributed by atoms with E-state index in [1.54, 1.807) is 11.3 Å². The van der Waals surface area contributed by atoms with Crippen molar-refractivity contribution in [3.05, 3.63) is 59.1 Å². The van der Waals surface area contributed by atoms with Crippen molar-refractivity contribution in [2.24, 2.45) is 0 Å². The molecular weight excluding hydrogens is 316 g/mol. The van der Waals surface area contributed by atoms with Crippen LogP contribution in [0.15, 0.2) is 48.5 Å². The Morgan fingerprint density at radius 1 is 1.08 bits per heavy atom. The van der Waals surface area contributed by atoms with Crippen LogP contribution in [0.25, 0.3) is 10.2 Å². The standard InChI is InChI=1S/C20H22N2OS/c1-2-3-4-9-19(23)21-16-12-10-15(11-13-16)14-20-22-17-7-5-6-8-18(17)24-20/h5-8,10-13H,2-4,9,14H2,1H3,(H,21,23). The predicted octanol–water partition coefficient (Wildman–Crippen LogP) is 5.41. The number of fused-ring (bicyclic) bond motifs is 1. The Labute approximate surface area is 146 Å². The van der Waals surface area contributed by atoms with Crippen molar-refractivity contribution in [2.45, 2.75) is 39.0 Å². The number of para-hydroxylation sites is 1. The Hall–Kier alpha value is -2.20. The lowest BCUT2D eigenvalue weighted by molar-refractivity contribution is -0.116. The average molecular weight is 338 g/mol. The van der Waals surface area contributed by atoms with Crippen LogP contribution < -0.4 is 5.32 Å². The van der Waals surface area contributed by atoms with Gasteiger partial charge >= 0.3 is 0 Å². The topological polar surface area (TPSA) is 42.0 Å². The zero-order valence-electron chi connectivity index (χ0n) is 13.9. The molecule has 0 unspecified atom stereocenters. The highest BCUT2D eigenvalue weighted by atomic mass is 32.1. The molecular formula is C20H22N2OS. The van der Waals surface area contributed by atoms with Crippen molar-refractivity contribution >= 4 is 33.1 Å². The van der Waals surface area contributed by atoms with Crippen LogP contribution in [0, 0.1) is 0 Å². The molecule has 4 heteroatoms. The van der Waals surface area contributed by atoms with Gasteiger partial charge in [0.25, 0.3) is 0 Å². The first-order valence-electron chi connectivity index (χ1n) is 8.48. The van der Waals surface area contributed by atoms with E-state index in [0.29, 0.717) is 6.42 Å². The molecule has 3 nitrogen and oxygen atoms in total. The van der Waals surface area contributed by atoms with E-state index in [2.05, 4.69) is 35.4 Å². The second-order valence-corrected chi connectivity index (χ2v) is 7.07. The number of nitrogens with zero attached hydrogens (tertiary/aromatic N) is 1. The number of rotatable bonds is 7. The van der Waals surface area contributed by atoms with Crippen molar-refractivity contribution in [3.63, 3.8) is 0 Å². The molecule has 124 valence electrons. The zero-order valence-corrected chi connectivity index (χ0v) is 14.7. The lowest BCUT2D eigenvalue weighted by atomic mass is 10.1. The Morgan fingerprint density at radius 2 is 1.88 bits per heavy atom. The molecule has 24 heavy (non-hydrogen) atoms. The Morgan fingerprint density at radius 3 is 2.62 bits per heavy atom. The number of nitrogens with one attached hydrogen (secondary N) is 1. The molecule has 0 spiro atoms. The van der Waals surface area contributed by atoms with Crippen LogP contribution in [-0.2, 0) is 11.2 Å². The van der Waals surface area contributed by atoms with Crippen LogP contribution in [0.5, 0.6) is 0 Å². The first kappa shape index (κ1) is 16.7. The summed E-state index contributed by atoms with van der Waals surface area (Å²) in [4.78, 5) is 16.5. The van der Waals surface area contributed by atoms with Gasteiger partial charge in [-0.3, -0.25) is 4.79 Å². The van der Waals surface area contributed by atoms with E-state index in [0.717, 1.165) is 41.9 Å². The molecule has 3 rings (SSSR count). The largest absolute Gasteiger partial charge is 0.326 e. The Bertz CT molecular complexity index is 775. The minimum atomic E-state index is 0.0994. The summed E-state index contributed by atoms with van der Waals surface area (Å²) in [5.74, 6) is 0.0994. The summed E-state index contributed by atoms with van der Waals surface area (Å²) in [5.41, 5.74) is 3.14. The highest BCUT2D eigenvalue weighted by Crippen LogP contribution is 2.24. The highest BCUT2D eigenvalue weighted by Gasteiger charge is 2.05. The molecule has 1 N–H and O–H groups in total. The summed E-state index contributed by atoms with van der Waals surface area (Å²) < 4.78 is 1.23. The third kappa shape index (κ3) is 4.42. The number of aromatic nitrogens is 1. The maximum Gasteiger partial charge on any atom is 0.224 e. The summed E-state index contributed by atoms with van der Waals surface area (Å²) in [7, 11) is 0. The van der Waals surface area contributed by atoms with E-state index >= 15 is 0 Å². The van der Waals surface area contributed by atoms with Gasteiger partial charge in [-0.25, -0.2) is 4.98 Å². The summed E-state index contributed by atoms with van der Waals surface area (Å²) in [5, 5.41) is 4.08. The third-order valence-corrected chi connectivity index (χ3v) is 4.97. The van der Waals surface area contributed by atoms with Gasteiger partial charge in [0.1, 0.15) is 0 Å². The van der Waals surface area contributed by atoms with Crippen LogP contribution in [0.4, 0.5) is 5.69 Å². The van der Waals surface area contributed by atoms with Crippen LogP contribution in [-0.4, -0.2) is 10.9 Å². The number of hydrogen-bond acceptors (Lipinski definition) is 3. The molecule has 1 amide bonds. The highest BCUT2D eigenvalue weighted by molar-refractivity contribution is 7.18. The van der Waals surface area contributed by atoms with Crippen LogP contribution in [0.2, 0.25) is 0 Å². The van der Waals surface area contributed by atoms with Crippen LogP contribution in [0.3, 0.4) is 0 Å². The molecule has 0 fully saturated rings. The number of thiazole rings is 1. The SMILES string of the molecule is CCCCCC(=O)Nc1ccc(Cc2nc3ccccc3s2)cc1. The number of unbranched alkanes of at least 4 members (excludes halogenated alkanes) is 2. The van der Waals surface area contributed by atoms with Gasteiger partial charge < -0.3 is 5.32 Å². The fourth-order valence-corrected chi connectivity index (χ4v) is 3.64. The van der Waals surface area contributed by atoms with Crippen molar-refractivity contribution in [1.82, 2.24) is 4.98 Å². The lowest BCUT2D eigenvalue weighted by Crippen LogP contribution is -2.10. The number of amides is 1. The number of benzene rings is 2.